The number of nitriles is 1. The molecule has 0 unspecified atom stereocenters. The zero-order chi connectivity index (χ0) is 16.0. The van der Waals surface area contributed by atoms with Crippen molar-refractivity contribution in [3.8, 4) is 6.07 Å². The molecule has 1 aliphatic heterocycles. The van der Waals surface area contributed by atoms with E-state index in [0.717, 1.165) is 51.6 Å². The number of nitrogens with one attached hydrogen (secondary N) is 1. The first-order chi connectivity index (χ1) is 10.6. The maximum Gasteiger partial charge on any atom is 0.309 e. The van der Waals surface area contributed by atoms with Gasteiger partial charge in [0, 0.05) is 0 Å². The topological polar surface area (TPSA) is 82.4 Å². The van der Waals surface area contributed by atoms with Crippen LogP contribution in [-0.2, 0) is 14.3 Å². The van der Waals surface area contributed by atoms with E-state index in [2.05, 4.69) is 11.4 Å². The number of likely N-dealkylation sites (tertiary alicyclic amines) is 1. The fourth-order valence-electron chi connectivity index (χ4n) is 3.34. The van der Waals surface area contributed by atoms with Crippen molar-refractivity contribution in [1.82, 2.24) is 10.2 Å². The standard InChI is InChI=1S/C16H25N3O3/c1-2-22-15(21)13-5-9-19(10-6-13)11-14(20)18-16(12-17)7-3-4-8-16/h13H,2-11H2,1H3,(H,18,20). The number of hydrogen-bond acceptors (Lipinski definition) is 5. The lowest BCUT2D eigenvalue weighted by atomic mass is 9.97. The Morgan fingerprint density at radius 3 is 2.50 bits per heavy atom. The van der Waals surface area contributed by atoms with Gasteiger partial charge in [-0.3, -0.25) is 14.5 Å². The lowest BCUT2D eigenvalue weighted by molar-refractivity contribution is -0.149. The van der Waals surface area contributed by atoms with Crippen molar-refractivity contribution in [1.29, 1.82) is 5.26 Å². The summed E-state index contributed by atoms with van der Waals surface area (Å²) in [5.41, 5.74) is -0.652. The molecule has 1 heterocycles. The molecule has 0 spiro atoms. The van der Waals surface area contributed by atoms with Gasteiger partial charge in [-0.1, -0.05) is 0 Å². The van der Waals surface area contributed by atoms with E-state index in [1.165, 1.54) is 0 Å². The van der Waals surface area contributed by atoms with Crippen LogP contribution in [0.5, 0.6) is 0 Å². The van der Waals surface area contributed by atoms with Gasteiger partial charge >= 0.3 is 5.97 Å². The highest BCUT2D eigenvalue weighted by molar-refractivity contribution is 5.79. The third kappa shape index (κ3) is 4.20. The Bertz CT molecular complexity index is 444. The number of hydrogen-bond donors (Lipinski definition) is 1. The van der Waals surface area contributed by atoms with Gasteiger partial charge < -0.3 is 10.1 Å². The molecule has 1 N–H and O–H groups in total. The molecule has 0 atom stereocenters. The number of piperidine rings is 1. The van der Waals surface area contributed by atoms with Crippen molar-refractivity contribution in [2.24, 2.45) is 5.92 Å². The monoisotopic (exact) mass is 307 g/mol. The second kappa shape index (κ2) is 7.59. The van der Waals surface area contributed by atoms with E-state index in [-0.39, 0.29) is 17.8 Å². The average molecular weight is 307 g/mol. The van der Waals surface area contributed by atoms with Crippen LogP contribution in [0.4, 0.5) is 0 Å². The van der Waals surface area contributed by atoms with Crippen molar-refractivity contribution in [2.45, 2.75) is 51.0 Å². The summed E-state index contributed by atoms with van der Waals surface area (Å²) in [6, 6.07) is 2.27. The van der Waals surface area contributed by atoms with Crippen LogP contribution in [0.2, 0.25) is 0 Å². The lowest BCUT2D eigenvalue weighted by Gasteiger charge is -2.31. The number of amides is 1. The molecule has 0 aromatic rings. The molecule has 6 nitrogen and oxygen atoms in total. The van der Waals surface area contributed by atoms with E-state index in [9.17, 15) is 14.9 Å². The summed E-state index contributed by atoms with van der Waals surface area (Å²) < 4.78 is 5.04. The van der Waals surface area contributed by atoms with Crippen LogP contribution in [0.15, 0.2) is 0 Å². The van der Waals surface area contributed by atoms with Gasteiger partial charge in [0.15, 0.2) is 0 Å². The first kappa shape index (κ1) is 16.8. The molecule has 0 bridgehead atoms. The van der Waals surface area contributed by atoms with Gasteiger partial charge in [-0.25, -0.2) is 0 Å². The van der Waals surface area contributed by atoms with E-state index in [4.69, 9.17) is 4.74 Å². The van der Waals surface area contributed by atoms with Gasteiger partial charge in [0.25, 0.3) is 0 Å². The van der Waals surface area contributed by atoms with Crippen LogP contribution < -0.4 is 5.32 Å². The molecule has 0 aromatic carbocycles. The zero-order valence-corrected chi connectivity index (χ0v) is 13.3. The SMILES string of the molecule is CCOC(=O)C1CCN(CC(=O)NC2(C#N)CCCC2)CC1. The summed E-state index contributed by atoms with van der Waals surface area (Å²) in [5.74, 6) is -0.251. The molecule has 2 fully saturated rings. The zero-order valence-electron chi connectivity index (χ0n) is 13.3. The van der Waals surface area contributed by atoms with Crippen molar-refractivity contribution in [2.75, 3.05) is 26.2 Å². The predicted octanol–water partition coefficient (Wildman–Crippen LogP) is 1.21. The van der Waals surface area contributed by atoms with Crippen LogP contribution in [0.25, 0.3) is 0 Å². The molecule has 0 aromatic heterocycles. The summed E-state index contributed by atoms with van der Waals surface area (Å²) in [4.78, 5) is 25.9. The third-order valence-corrected chi connectivity index (χ3v) is 4.62. The van der Waals surface area contributed by atoms with Crippen LogP contribution in [0.3, 0.4) is 0 Å². The van der Waals surface area contributed by atoms with E-state index in [1.54, 1.807) is 0 Å². The second-order valence-corrected chi connectivity index (χ2v) is 6.25. The van der Waals surface area contributed by atoms with Gasteiger partial charge in [-0.15, -0.1) is 0 Å². The van der Waals surface area contributed by atoms with Gasteiger partial charge in [0.1, 0.15) is 5.54 Å². The van der Waals surface area contributed by atoms with Gasteiger partial charge in [-0.05, 0) is 58.5 Å². The maximum atomic E-state index is 12.2. The summed E-state index contributed by atoms with van der Waals surface area (Å²) >= 11 is 0. The fourth-order valence-corrected chi connectivity index (χ4v) is 3.34. The molecule has 2 rings (SSSR count). The molecule has 1 amide bonds. The highest BCUT2D eigenvalue weighted by atomic mass is 16.5. The summed E-state index contributed by atoms with van der Waals surface area (Å²) in [6.45, 7) is 3.97. The fraction of sp³-hybridized carbons (Fsp3) is 0.812. The number of ether oxygens (including phenoxy) is 1. The number of esters is 1. The second-order valence-electron chi connectivity index (χ2n) is 6.25. The first-order valence-corrected chi connectivity index (χ1v) is 8.20. The third-order valence-electron chi connectivity index (χ3n) is 4.62. The Labute approximate surface area is 131 Å². The first-order valence-electron chi connectivity index (χ1n) is 8.20. The highest BCUT2D eigenvalue weighted by Gasteiger charge is 2.36. The Morgan fingerprint density at radius 1 is 1.32 bits per heavy atom. The minimum absolute atomic E-state index is 0.0421. The van der Waals surface area contributed by atoms with Crippen molar-refractivity contribution >= 4 is 11.9 Å². The number of rotatable bonds is 5. The molecule has 1 aliphatic carbocycles. The molecule has 6 heteroatoms. The summed E-state index contributed by atoms with van der Waals surface area (Å²) in [6.07, 6.45) is 4.96. The summed E-state index contributed by atoms with van der Waals surface area (Å²) in [7, 11) is 0. The molecule has 2 aliphatic rings. The van der Waals surface area contributed by atoms with Crippen LogP contribution in [-0.4, -0.2) is 48.6 Å². The molecule has 0 radical (unpaired) electrons. The van der Waals surface area contributed by atoms with Gasteiger partial charge in [-0.2, -0.15) is 5.26 Å². The Morgan fingerprint density at radius 2 is 1.95 bits per heavy atom. The Balaban J connectivity index is 1.75. The van der Waals surface area contributed by atoms with E-state index >= 15 is 0 Å². The average Bonchev–Trinajstić information content (AvgIpc) is 2.97. The smallest absolute Gasteiger partial charge is 0.309 e. The molecule has 22 heavy (non-hydrogen) atoms. The number of nitrogens with zero attached hydrogens (tertiary/aromatic N) is 2. The lowest BCUT2D eigenvalue weighted by Crippen LogP contribution is -2.50. The maximum absolute atomic E-state index is 12.2. The molecular weight excluding hydrogens is 282 g/mol. The van der Waals surface area contributed by atoms with E-state index in [1.807, 2.05) is 11.8 Å². The highest BCUT2D eigenvalue weighted by Crippen LogP contribution is 2.28. The quantitative estimate of drug-likeness (QED) is 0.772. The van der Waals surface area contributed by atoms with Crippen LogP contribution in [0, 0.1) is 17.2 Å². The summed E-state index contributed by atoms with van der Waals surface area (Å²) in [5, 5.41) is 12.2. The van der Waals surface area contributed by atoms with Crippen LogP contribution >= 0.6 is 0 Å². The van der Waals surface area contributed by atoms with Gasteiger partial charge in [0.2, 0.25) is 5.91 Å². The van der Waals surface area contributed by atoms with E-state index in [0.29, 0.717) is 13.2 Å². The molecular formula is C16H25N3O3. The Kier molecular flexibility index (Phi) is 5.78. The van der Waals surface area contributed by atoms with E-state index < -0.39 is 5.54 Å². The van der Waals surface area contributed by atoms with Crippen molar-refractivity contribution < 1.29 is 14.3 Å². The molecule has 1 saturated carbocycles. The molecule has 122 valence electrons. The normalized spacial score (nSPS) is 22.0. The largest absolute Gasteiger partial charge is 0.466 e. The number of carbonyl (C=O) groups excluding carboxylic acids is 2. The predicted molar refractivity (Wildman–Crippen MR) is 80.8 cm³/mol. The minimum atomic E-state index is -0.652. The van der Waals surface area contributed by atoms with Gasteiger partial charge in [0.05, 0.1) is 25.1 Å². The number of carbonyl (C=O) groups is 2. The van der Waals surface area contributed by atoms with Crippen molar-refractivity contribution in [3.63, 3.8) is 0 Å². The minimum Gasteiger partial charge on any atom is -0.466 e. The van der Waals surface area contributed by atoms with Crippen LogP contribution in [0.1, 0.15) is 45.4 Å². The Hall–Kier alpha value is -1.61. The van der Waals surface area contributed by atoms with Crippen molar-refractivity contribution in [3.05, 3.63) is 0 Å². The molecule has 1 saturated heterocycles.